The van der Waals surface area contributed by atoms with Crippen molar-refractivity contribution < 1.29 is 4.79 Å². The number of amides is 1. The molecule has 4 rings (SSSR count). The highest BCUT2D eigenvalue weighted by atomic mass is 35.5. The van der Waals surface area contributed by atoms with Gasteiger partial charge in [0.05, 0.1) is 28.2 Å². The summed E-state index contributed by atoms with van der Waals surface area (Å²) >= 11 is 12.3. The number of anilines is 1. The Bertz CT molecular complexity index is 1250. The lowest BCUT2D eigenvalue weighted by Gasteiger charge is -2.43. The summed E-state index contributed by atoms with van der Waals surface area (Å²) in [5.41, 5.74) is 3.38. The van der Waals surface area contributed by atoms with E-state index in [0.29, 0.717) is 16.6 Å². The Morgan fingerprint density at radius 1 is 0.973 bits per heavy atom. The molecule has 0 saturated carbocycles. The number of hydrogen-bond acceptors (Lipinski definition) is 4. The largest absolute Gasteiger partial charge is 0.365 e. The van der Waals surface area contributed by atoms with Crippen LogP contribution >= 0.6 is 23.2 Å². The molecule has 1 heterocycles. The zero-order valence-corrected chi connectivity index (χ0v) is 22.8. The molecule has 192 valence electrons. The summed E-state index contributed by atoms with van der Waals surface area (Å²) in [5, 5.41) is 10.7. The van der Waals surface area contributed by atoms with E-state index in [4.69, 9.17) is 23.2 Å². The minimum atomic E-state index is -0.676. The summed E-state index contributed by atoms with van der Waals surface area (Å²) < 4.78 is 0. The number of carbonyl (C=O) groups is 1. The highest BCUT2D eigenvalue weighted by molar-refractivity contribution is 6.42. The fourth-order valence-corrected chi connectivity index (χ4v) is 5.36. The van der Waals surface area contributed by atoms with Gasteiger partial charge in [-0.05, 0) is 67.7 Å². The third-order valence-electron chi connectivity index (χ3n) is 7.19. The zero-order valence-electron chi connectivity index (χ0n) is 21.3. The molecule has 0 bridgehead atoms. The maximum atomic E-state index is 13.8. The number of likely N-dealkylation sites (N-methyl/N-ethyl adjacent to an activating group) is 1. The Morgan fingerprint density at radius 2 is 1.62 bits per heavy atom. The van der Waals surface area contributed by atoms with Crippen LogP contribution in [0, 0.1) is 11.3 Å². The number of likely N-dealkylation sites (tertiary alicyclic amines) is 1. The quantitative estimate of drug-likeness (QED) is 0.295. The van der Waals surface area contributed by atoms with Crippen LogP contribution in [0.25, 0.3) is 11.1 Å². The van der Waals surface area contributed by atoms with Crippen molar-refractivity contribution >= 4 is 34.8 Å². The Balaban J connectivity index is 1.65. The second-order valence-corrected chi connectivity index (χ2v) is 10.6. The first kappa shape index (κ1) is 27.0. The molecular weight excluding hydrogens is 503 g/mol. The maximum absolute atomic E-state index is 13.8. The SMILES string of the molecule is CN(CC(=O)N(CC#N)C(C)(CN1CCCC1)c1ccc(-c2ccccc2)cc1)c1ccc(Cl)c(Cl)c1. The van der Waals surface area contributed by atoms with Crippen LogP contribution in [0.5, 0.6) is 0 Å². The molecule has 1 saturated heterocycles. The van der Waals surface area contributed by atoms with Gasteiger partial charge in [-0.2, -0.15) is 5.26 Å². The molecule has 3 aromatic carbocycles. The van der Waals surface area contributed by atoms with E-state index in [1.807, 2.05) is 36.2 Å². The van der Waals surface area contributed by atoms with Gasteiger partial charge in [-0.15, -0.1) is 0 Å². The van der Waals surface area contributed by atoms with Crippen molar-refractivity contribution in [1.82, 2.24) is 9.80 Å². The Hall–Kier alpha value is -3.04. The lowest BCUT2D eigenvalue weighted by atomic mass is 9.87. The molecule has 0 spiro atoms. The molecule has 1 unspecified atom stereocenters. The lowest BCUT2D eigenvalue weighted by Crippen LogP contribution is -2.55. The topological polar surface area (TPSA) is 50.6 Å². The van der Waals surface area contributed by atoms with Crippen LogP contribution in [-0.2, 0) is 10.3 Å². The summed E-state index contributed by atoms with van der Waals surface area (Å²) in [7, 11) is 1.84. The third-order valence-corrected chi connectivity index (χ3v) is 7.93. The molecule has 0 N–H and O–H groups in total. The number of rotatable bonds is 9. The molecule has 37 heavy (non-hydrogen) atoms. The molecular formula is C30H32Cl2N4O. The number of nitriles is 1. The van der Waals surface area contributed by atoms with Gasteiger partial charge in [0.15, 0.2) is 0 Å². The van der Waals surface area contributed by atoms with Gasteiger partial charge in [-0.1, -0.05) is 77.8 Å². The average molecular weight is 536 g/mol. The fourth-order valence-electron chi connectivity index (χ4n) is 5.07. The monoisotopic (exact) mass is 534 g/mol. The van der Waals surface area contributed by atoms with Crippen molar-refractivity contribution in [3.63, 3.8) is 0 Å². The molecule has 1 amide bonds. The van der Waals surface area contributed by atoms with Gasteiger partial charge in [0.25, 0.3) is 0 Å². The number of carbonyl (C=O) groups excluding carboxylic acids is 1. The van der Waals surface area contributed by atoms with Gasteiger partial charge in [-0.3, -0.25) is 4.79 Å². The zero-order chi connectivity index (χ0) is 26.4. The second-order valence-electron chi connectivity index (χ2n) is 9.79. The third kappa shape index (κ3) is 6.27. The van der Waals surface area contributed by atoms with Crippen LogP contribution in [0.2, 0.25) is 10.0 Å². The molecule has 0 aliphatic carbocycles. The molecule has 1 atom stereocenters. The van der Waals surface area contributed by atoms with E-state index < -0.39 is 5.54 Å². The van der Waals surface area contributed by atoms with Gasteiger partial charge >= 0.3 is 0 Å². The molecule has 5 nitrogen and oxygen atoms in total. The van der Waals surface area contributed by atoms with E-state index in [2.05, 4.69) is 54.3 Å². The highest BCUT2D eigenvalue weighted by Gasteiger charge is 2.39. The molecule has 0 aromatic heterocycles. The number of benzene rings is 3. The second kappa shape index (κ2) is 12.0. The molecule has 7 heteroatoms. The van der Waals surface area contributed by atoms with Crippen molar-refractivity contribution in [2.24, 2.45) is 0 Å². The van der Waals surface area contributed by atoms with Crippen molar-refractivity contribution in [2.75, 3.05) is 44.7 Å². The van der Waals surface area contributed by atoms with Crippen LogP contribution in [0.1, 0.15) is 25.3 Å². The van der Waals surface area contributed by atoms with Crippen molar-refractivity contribution in [1.29, 1.82) is 5.26 Å². The minimum absolute atomic E-state index is 0.00117. The molecule has 0 radical (unpaired) electrons. The van der Waals surface area contributed by atoms with E-state index in [1.54, 1.807) is 17.0 Å². The number of hydrogen-bond donors (Lipinski definition) is 0. The van der Waals surface area contributed by atoms with Gasteiger partial charge in [-0.25, -0.2) is 0 Å². The first-order valence-corrected chi connectivity index (χ1v) is 13.3. The summed E-state index contributed by atoms with van der Waals surface area (Å²) in [6.07, 6.45) is 2.30. The lowest BCUT2D eigenvalue weighted by molar-refractivity contribution is -0.135. The summed E-state index contributed by atoms with van der Waals surface area (Å²) in [6, 6.07) is 26.2. The Kier molecular flexibility index (Phi) is 8.76. The summed E-state index contributed by atoms with van der Waals surface area (Å²) in [4.78, 5) is 19.8. The maximum Gasteiger partial charge on any atom is 0.243 e. The van der Waals surface area contributed by atoms with Crippen LogP contribution in [-0.4, -0.2) is 55.5 Å². The predicted octanol–water partition coefficient (Wildman–Crippen LogP) is 6.46. The fraction of sp³-hybridized carbons (Fsp3) is 0.333. The van der Waals surface area contributed by atoms with E-state index in [1.165, 1.54) is 0 Å². The standard InChI is InChI=1S/C30H32Cl2N4O/c1-30(22-35-17-6-7-18-35,25-12-10-24(11-13-25)23-8-4-3-5-9-23)36(19-16-33)29(37)21-34(2)26-14-15-27(31)28(32)20-26/h3-5,8-15,20H,6-7,17-19,21-22H2,1-2H3. The van der Waals surface area contributed by atoms with Gasteiger partial charge in [0.1, 0.15) is 6.54 Å². The van der Waals surface area contributed by atoms with E-state index in [-0.39, 0.29) is 19.0 Å². The van der Waals surface area contributed by atoms with Gasteiger partial charge in [0.2, 0.25) is 5.91 Å². The van der Waals surface area contributed by atoms with E-state index in [9.17, 15) is 10.1 Å². The van der Waals surface area contributed by atoms with Gasteiger partial charge in [0, 0.05) is 19.3 Å². The number of nitrogens with zero attached hydrogens (tertiary/aromatic N) is 4. The van der Waals surface area contributed by atoms with Crippen LogP contribution in [0.4, 0.5) is 5.69 Å². The van der Waals surface area contributed by atoms with Crippen LogP contribution in [0.15, 0.2) is 72.8 Å². The average Bonchev–Trinajstić information content (AvgIpc) is 3.42. The van der Waals surface area contributed by atoms with Crippen LogP contribution in [0.3, 0.4) is 0 Å². The van der Waals surface area contributed by atoms with Crippen molar-refractivity contribution in [2.45, 2.75) is 25.3 Å². The first-order chi connectivity index (χ1) is 17.8. The van der Waals surface area contributed by atoms with E-state index >= 15 is 0 Å². The highest BCUT2D eigenvalue weighted by Crippen LogP contribution is 2.33. The Labute approximate surface area is 229 Å². The molecule has 1 aliphatic heterocycles. The number of halogens is 2. The smallest absolute Gasteiger partial charge is 0.243 e. The first-order valence-electron chi connectivity index (χ1n) is 12.5. The van der Waals surface area contributed by atoms with Crippen molar-refractivity contribution in [3.05, 3.63) is 88.4 Å². The molecule has 3 aromatic rings. The van der Waals surface area contributed by atoms with Crippen molar-refractivity contribution in [3.8, 4) is 17.2 Å². The Morgan fingerprint density at radius 3 is 2.24 bits per heavy atom. The summed E-state index contributed by atoms with van der Waals surface area (Å²) in [5.74, 6) is -0.121. The van der Waals surface area contributed by atoms with Gasteiger partial charge < -0.3 is 14.7 Å². The summed E-state index contributed by atoms with van der Waals surface area (Å²) in [6.45, 7) is 4.85. The van der Waals surface area contributed by atoms with E-state index in [0.717, 1.165) is 48.3 Å². The predicted molar refractivity (Wildman–Crippen MR) is 152 cm³/mol. The molecule has 1 fully saturated rings. The molecule has 1 aliphatic rings. The van der Waals surface area contributed by atoms with Crippen LogP contribution < -0.4 is 4.90 Å². The minimum Gasteiger partial charge on any atom is -0.365 e. The normalized spacial score (nSPS) is 15.1.